The fourth-order valence-corrected chi connectivity index (χ4v) is 2.80. The SMILES string of the molecule is CC1CCC(C(N)=O)CN1C1CCNC1. The van der Waals surface area contributed by atoms with Crippen molar-refractivity contribution in [2.45, 2.75) is 38.3 Å². The van der Waals surface area contributed by atoms with E-state index in [1.54, 1.807) is 0 Å². The Kier molecular flexibility index (Phi) is 3.26. The van der Waals surface area contributed by atoms with Crippen LogP contribution in [0.1, 0.15) is 26.2 Å². The predicted octanol–water partition coefficient (Wildman–Crippen LogP) is -0.0659. The molecule has 3 atom stereocenters. The molecule has 1 amide bonds. The second kappa shape index (κ2) is 4.49. The van der Waals surface area contributed by atoms with E-state index in [0.717, 1.165) is 32.5 Å². The lowest BCUT2D eigenvalue weighted by Gasteiger charge is -2.40. The summed E-state index contributed by atoms with van der Waals surface area (Å²) in [7, 11) is 0. The molecule has 2 heterocycles. The first-order chi connectivity index (χ1) is 7.18. The second-order valence-electron chi connectivity index (χ2n) is 4.87. The molecule has 3 unspecified atom stereocenters. The van der Waals surface area contributed by atoms with Crippen molar-refractivity contribution in [1.82, 2.24) is 10.2 Å². The largest absolute Gasteiger partial charge is 0.369 e. The molecule has 2 aliphatic rings. The third-order valence-electron chi connectivity index (χ3n) is 3.84. The minimum atomic E-state index is -0.127. The average molecular weight is 211 g/mol. The van der Waals surface area contributed by atoms with Gasteiger partial charge in [-0.1, -0.05) is 0 Å². The summed E-state index contributed by atoms with van der Waals surface area (Å²) < 4.78 is 0. The molecule has 4 nitrogen and oxygen atoms in total. The van der Waals surface area contributed by atoms with Gasteiger partial charge in [-0.25, -0.2) is 0 Å². The topological polar surface area (TPSA) is 58.4 Å². The van der Waals surface area contributed by atoms with Crippen molar-refractivity contribution >= 4 is 5.91 Å². The van der Waals surface area contributed by atoms with Gasteiger partial charge in [0.1, 0.15) is 0 Å². The van der Waals surface area contributed by atoms with Crippen molar-refractivity contribution in [3.05, 3.63) is 0 Å². The van der Waals surface area contributed by atoms with Crippen molar-refractivity contribution in [3.8, 4) is 0 Å². The fourth-order valence-electron chi connectivity index (χ4n) is 2.80. The van der Waals surface area contributed by atoms with Crippen molar-refractivity contribution < 1.29 is 4.79 Å². The summed E-state index contributed by atoms with van der Waals surface area (Å²) in [6.45, 7) is 5.29. The number of primary amides is 1. The van der Waals surface area contributed by atoms with Crippen molar-refractivity contribution in [2.24, 2.45) is 11.7 Å². The summed E-state index contributed by atoms with van der Waals surface area (Å²) in [5, 5.41) is 3.38. The van der Waals surface area contributed by atoms with Crippen LogP contribution in [0.5, 0.6) is 0 Å². The lowest BCUT2D eigenvalue weighted by Crippen LogP contribution is -2.51. The van der Waals surface area contributed by atoms with Crippen LogP contribution < -0.4 is 11.1 Å². The first-order valence-corrected chi connectivity index (χ1v) is 5.94. The number of carbonyl (C=O) groups is 1. The van der Waals surface area contributed by atoms with Crippen LogP contribution >= 0.6 is 0 Å². The van der Waals surface area contributed by atoms with Crippen LogP contribution in [0.25, 0.3) is 0 Å². The Labute approximate surface area is 91.2 Å². The fraction of sp³-hybridized carbons (Fsp3) is 0.909. The number of nitrogens with two attached hydrogens (primary N) is 1. The minimum Gasteiger partial charge on any atom is -0.369 e. The summed E-state index contributed by atoms with van der Waals surface area (Å²) in [5.74, 6) is -0.0559. The van der Waals surface area contributed by atoms with Gasteiger partial charge in [0.05, 0.1) is 5.92 Å². The molecule has 0 spiro atoms. The Balaban J connectivity index is 1.98. The molecule has 0 aromatic heterocycles. The highest BCUT2D eigenvalue weighted by Gasteiger charge is 2.33. The molecule has 2 aliphatic heterocycles. The van der Waals surface area contributed by atoms with Crippen molar-refractivity contribution in [1.29, 1.82) is 0 Å². The highest BCUT2D eigenvalue weighted by molar-refractivity contribution is 5.77. The Morgan fingerprint density at radius 2 is 2.20 bits per heavy atom. The summed E-state index contributed by atoms with van der Waals surface area (Å²) in [4.78, 5) is 13.7. The van der Waals surface area contributed by atoms with Gasteiger partial charge in [0, 0.05) is 25.2 Å². The first-order valence-electron chi connectivity index (χ1n) is 5.94. The van der Waals surface area contributed by atoms with Gasteiger partial charge in [-0.15, -0.1) is 0 Å². The minimum absolute atomic E-state index is 0.0711. The zero-order valence-corrected chi connectivity index (χ0v) is 9.41. The lowest BCUT2D eigenvalue weighted by atomic mass is 9.91. The molecule has 2 saturated heterocycles. The highest BCUT2D eigenvalue weighted by Crippen LogP contribution is 2.25. The maximum absolute atomic E-state index is 11.2. The van der Waals surface area contributed by atoms with Crippen LogP contribution in [0.15, 0.2) is 0 Å². The summed E-state index contributed by atoms with van der Waals surface area (Å²) in [6, 6.07) is 1.22. The molecular weight excluding hydrogens is 190 g/mol. The normalized spacial score (nSPS) is 38.1. The van der Waals surface area contributed by atoms with E-state index < -0.39 is 0 Å². The molecule has 2 rings (SSSR count). The van der Waals surface area contributed by atoms with E-state index in [1.807, 2.05) is 0 Å². The Hall–Kier alpha value is -0.610. The molecule has 0 aliphatic carbocycles. The van der Waals surface area contributed by atoms with Gasteiger partial charge in [0.25, 0.3) is 0 Å². The molecule has 4 heteroatoms. The smallest absolute Gasteiger partial charge is 0.221 e. The third kappa shape index (κ3) is 2.32. The zero-order valence-electron chi connectivity index (χ0n) is 9.41. The molecule has 0 bridgehead atoms. The molecule has 3 N–H and O–H groups in total. The van der Waals surface area contributed by atoms with Crippen LogP contribution in [-0.4, -0.2) is 42.5 Å². The summed E-state index contributed by atoms with van der Waals surface area (Å²) in [6.07, 6.45) is 3.27. The van der Waals surface area contributed by atoms with Gasteiger partial charge in [-0.05, 0) is 32.7 Å². The highest BCUT2D eigenvalue weighted by atomic mass is 16.1. The number of hydrogen-bond donors (Lipinski definition) is 2. The van der Waals surface area contributed by atoms with Crippen LogP contribution in [0.4, 0.5) is 0 Å². The van der Waals surface area contributed by atoms with E-state index in [0.29, 0.717) is 12.1 Å². The predicted molar refractivity (Wildman–Crippen MR) is 59.4 cm³/mol. The number of nitrogens with zero attached hydrogens (tertiary/aromatic N) is 1. The molecule has 86 valence electrons. The summed E-state index contributed by atoms with van der Waals surface area (Å²) in [5.41, 5.74) is 5.39. The number of rotatable bonds is 2. The van der Waals surface area contributed by atoms with E-state index in [2.05, 4.69) is 17.1 Å². The number of piperidine rings is 1. The number of amides is 1. The number of nitrogens with one attached hydrogen (secondary N) is 1. The van der Waals surface area contributed by atoms with Gasteiger partial charge in [0.2, 0.25) is 5.91 Å². The van der Waals surface area contributed by atoms with Crippen LogP contribution in [0.3, 0.4) is 0 Å². The van der Waals surface area contributed by atoms with E-state index in [4.69, 9.17) is 5.73 Å². The number of hydrogen-bond acceptors (Lipinski definition) is 3. The van der Waals surface area contributed by atoms with Crippen molar-refractivity contribution in [2.75, 3.05) is 19.6 Å². The van der Waals surface area contributed by atoms with Crippen LogP contribution in [-0.2, 0) is 4.79 Å². The zero-order chi connectivity index (χ0) is 10.8. The Morgan fingerprint density at radius 3 is 2.80 bits per heavy atom. The van der Waals surface area contributed by atoms with Crippen molar-refractivity contribution in [3.63, 3.8) is 0 Å². The van der Waals surface area contributed by atoms with Gasteiger partial charge < -0.3 is 11.1 Å². The van der Waals surface area contributed by atoms with E-state index in [-0.39, 0.29) is 11.8 Å². The number of carbonyl (C=O) groups excluding carboxylic acids is 1. The average Bonchev–Trinajstić information content (AvgIpc) is 2.71. The van der Waals surface area contributed by atoms with Gasteiger partial charge >= 0.3 is 0 Å². The molecule has 15 heavy (non-hydrogen) atoms. The van der Waals surface area contributed by atoms with E-state index in [1.165, 1.54) is 6.42 Å². The second-order valence-corrected chi connectivity index (χ2v) is 4.87. The molecule has 0 saturated carbocycles. The van der Waals surface area contributed by atoms with Crippen LogP contribution in [0.2, 0.25) is 0 Å². The summed E-state index contributed by atoms with van der Waals surface area (Å²) >= 11 is 0. The maximum Gasteiger partial charge on any atom is 0.221 e. The number of likely N-dealkylation sites (tertiary alicyclic amines) is 1. The van der Waals surface area contributed by atoms with Crippen LogP contribution in [0, 0.1) is 5.92 Å². The lowest BCUT2D eigenvalue weighted by molar-refractivity contribution is -0.124. The first kappa shape index (κ1) is 10.9. The standard InChI is InChI=1S/C11H21N3O/c1-8-2-3-9(11(12)15)7-14(8)10-4-5-13-6-10/h8-10,13H,2-7H2,1H3,(H2,12,15). The molecular formula is C11H21N3O. The Bertz CT molecular complexity index is 238. The molecule has 0 aromatic rings. The quantitative estimate of drug-likeness (QED) is 0.672. The molecule has 2 fully saturated rings. The monoisotopic (exact) mass is 211 g/mol. The van der Waals surface area contributed by atoms with E-state index >= 15 is 0 Å². The Morgan fingerprint density at radius 1 is 1.40 bits per heavy atom. The third-order valence-corrected chi connectivity index (χ3v) is 3.84. The molecule has 0 radical (unpaired) electrons. The maximum atomic E-state index is 11.2. The van der Waals surface area contributed by atoms with E-state index in [9.17, 15) is 4.79 Å². The van der Waals surface area contributed by atoms with Gasteiger partial charge in [-0.2, -0.15) is 0 Å². The molecule has 0 aromatic carbocycles. The van der Waals surface area contributed by atoms with Gasteiger partial charge in [0.15, 0.2) is 0 Å². The van der Waals surface area contributed by atoms with Gasteiger partial charge in [-0.3, -0.25) is 9.69 Å².